The van der Waals surface area contributed by atoms with E-state index in [1.54, 1.807) is 24.3 Å². The highest BCUT2D eigenvalue weighted by Crippen LogP contribution is 2.23. The molecule has 0 saturated heterocycles. The lowest BCUT2D eigenvalue weighted by molar-refractivity contribution is -0.123. The molecular weight excluding hydrogens is 390 g/mol. The molecule has 0 heterocycles. The Balaban J connectivity index is 1.71. The Hall–Kier alpha value is -3.19. The second-order valence-corrected chi connectivity index (χ2v) is 8.17. The lowest BCUT2D eigenvalue weighted by Crippen LogP contribution is -2.51. The van der Waals surface area contributed by atoms with Gasteiger partial charge in [0.15, 0.2) is 0 Å². The topological polar surface area (TPSA) is 134 Å². The number of carbonyl (C=O) groups is 2. The number of hydrogen-bond donors (Lipinski definition) is 5. The number of hydrogen-bond acceptors (Lipinski definition) is 4. The molecule has 7 nitrogen and oxygen atoms in total. The van der Waals surface area contributed by atoms with Gasteiger partial charge in [-0.25, -0.2) is 0 Å². The number of nitrogen functional groups attached to an aromatic ring is 1. The second-order valence-electron chi connectivity index (χ2n) is 8.17. The summed E-state index contributed by atoms with van der Waals surface area (Å²) < 4.78 is 0. The number of amides is 2. The minimum Gasteiger partial charge on any atom is -0.384 e. The first-order valence-corrected chi connectivity index (χ1v) is 10.8. The standard InChI is InChI=1S/C24H31N5O2/c25-15-17-9-11-20(12-10-17)28-24(31)21(13-16-5-2-1-3-6-16)29-23(30)19-8-4-7-18(14-19)22(26)27/h1-8,14,17,20-21H,9-13,15,25H2,(H3,26,27)(H,28,31)(H,29,30)/t17?,20?,21-/m0/s1. The molecule has 2 aromatic rings. The maximum Gasteiger partial charge on any atom is 0.251 e. The molecule has 0 unspecified atom stereocenters. The van der Waals surface area contributed by atoms with Gasteiger partial charge >= 0.3 is 0 Å². The Bertz CT molecular complexity index is 907. The molecule has 1 atom stereocenters. The summed E-state index contributed by atoms with van der Waals surface area (Å²) in [6, 6.07) is 15.6. The van der Waals surface area contributed by atoms with Crippen LogP contribution in [-0.4, -0.2) is 36.3 Å². The van der Waals surface area contributed by atoms with E-state index in [1.807, 2.05) is 30.3 Å². The monoisotopic (exact) mass is 421 g/mol. The third-order valence-corrected chi connectivity index (χ3v) is 5.87. The summed E-state index contributed by atoms with van der Waals surface area (Å²) in [6.07, 6.45) is 4.22. The Morgan fingerprint density at radius 3 is 2.32 bits per heavy atom. The summed E-state index contributed by atoms with van der Waals surface area (Å²) in [7, 11) is 0. The van der Waals surface area contributed by atoms with Crippen LogP contribution in [0.2, 0.25) is 0 Å². The molecule has 0 aliphatic heterocycles. The van der Waals surface area contributed by atoms with Crippen LogP contribution >= 0.6 is 0 Å². The maximum absolute atomic E-state index is 13.1. The van der Waals surface area contributed by atoms with Gasteiger partial charge in [-0.2, -0.15) is 0 Å². The molecule has 3 rings (SSSR count). The third kappa shape index (κ3) is 6.39. The molecule has 164 valence electrons. The van der Waals surface area contributed by atoms with Crippen molar-refractivity contribution in [2.75, 3.05) is 6.54 Å². The van der Waals surface area contributed by atoms with E-state index in [9.17, 15) is 9.59 Å². The van der Waals surface area contributed by atoms with Gasteiger partial charge in [-0.3, -0.25) is 15.0 Å². The molecule has 0 aromatic heterocycles. The lowest BCUT2D eigenvalue weighted by Gasteiger charge is -2.30. The van der Waals surface area contributed by atoms with Crippen molar-refractivity contribution in [3.8, 4) is 0 Å². The van der Waals surface area contributed by atoms with Crippen LogP contribution in [0.25, 0.3) is 0 Å². The van der Waals surface area contributed by atoms with E-state index in [0.717, 1.165) is 31.2 Å². The fourth-order valence-corrected chi connectivity index (χ4v) is 3.97. The molecule has 31 heavy (non-hydrogen) atoms. The highest BCUT2D eigenvalue weighted by atomic mass is 16.2. The zero-order chi connectivity index (χ0) is 22.2. The Kier molecular flexibility index (Phi) is 7.78. The minimum atomic E-state index is -0.705. The Morgan fingerprint density at radius 1 is 1.00 bits per heavy atom. The van der Waals surface area contributed by atoms with Crippen LogP contribution in [0.5, 0.6) is 0 Å². The smallest absolute Gasteiger partial charge is 0.251 e. The molecule has 7 heteroatoms. The quantitative estimate of drug-likeness (QED) is 0.329. The molecule has 2 amide bonds. The predicted octanol–water partition coefficient (Wildman–Crippen LogP) is 1.95. The summed E-state index contributed by atoms with van der Waals surface area (Å²) in [5.41, 5.74) is 13.1. The molecule has 1 aliphatic carbocycles. The van der Waals surface area contributed by atoms with Crippen LogP contribution in [0.4, 0.5) is 0 Å². The van der Waals surface area contributed by atoms with Crippen molar-refractivity contribution >= 4 is 17.6 Å². The van der Waals surface area contributed by atoms with Crippen LogP contribution in [0.1, 0.15) is 47.2 Å². The van der Waals surface area contributed by atoms with E-state index in [2.05, 4.69) is 10.6 Å². The predicted molar refractivity (Wildman–Crippen MR) is 122 cm³/mol. The maximum atomic E-state index is 13.1. The highest BCUT2D eigenvalue weighted by Gasteiger charge is 2.27. The van der Waals surface area contributed by atoms with Crippen molar-refractivity contribution in [3.63, 3.8) is 0 Å². The van der Waals surface area contributed by atoms with Crippen LogP contribution in [0.15, 0.2) is 54.6 Å². The summed E-state index contributed by atoms with van der Waals surface area (Å²) in [5.74, 6) is -0.134. The van der Waals surface area contributed by atoms with Crippen molar-refractivity contribution in [1.29, 1.82) is 5.41 Å². The van der Waals surface area contributed by atoms with Crippen LogP contribution in [0.3, 0.4) is 0 Å². The van der Waals surface area contributed by atoms with Gasteiger partial charge in [-0.15, -0.1) is 0 Å². The van der Waals surface area contributed by atoms with Gasteiger partial charge in [0.25, 0.3) is 5.91 Å². The zero-order valence-corrected chi connectivity index (χ0v) is 17.6. The van der Waals surface area contributed by atoms with Crippen LogP contribution < -0.4 is 22.1 Å². The molecule has 1 aliphatic rings. The van der Waals surface area contributed by atoms with E-state index in [0.29, 0.717) is 30.0 Å². The third-order valence-electron chi connectivity index (χ3n) is 5.87. The summed E-state index contributed by atoms with van der Waals surface area (Å²) in [5, 5.41) is 13.6. The van der Waals surface area contributed by atoms with Crippen LogP contribution in [0, 0.1) is 11.3 Å². The molecule has 0 radical (unpaired) electrons. The number of nitrogens with one attached hydrogen (secondary N) is 3. The first kappa shape index (κ1) is 22.5. The van der Waals surface area contributed by atoms with Gasteiger partial charge < -0.3 is 22.1 Å². The van der Waals surface area contributed by atoms with E-state index < -0.39 is 6.04 Å². The SMILES string of the molecule is N=C(N)c1cccc(C(=O)N[C@@H](Cc2ccccc2)C(=O)NC2CCC(CN)CC2)c1. The van der Waals surface area contributed by atoms with Gasteiger partial charge in [0.1, 0.15) is 11.9 Å². The van der Waals surface area contributed by atoms with Gasteiger partial charge in [0.2, 0.25) is 5.91 Å². The average Bonchev–Trinajstić information content (AvgIpc) is 2.79. The van der Waals surface area contributed by atoms with E-state index >= 15 is 0 Å². The molecule has 7 N–H and O–H groups in total. The van der Waals surface area contributed by atoms with Gasteiger partial charge in [0.05, 0.1) is 0 Å². The Morgan fingerprint density at radius 2 is 1.68 bits per heavy atom. The molecule has 2 aromatic carbocycles. The van der Waals surface area contributed by atoms with Crippen molar-refractivity contribution in [2.45, 2.75) is 44.2 Å². The molecule has 1 saturated carbocycles. The highest BCUT2D eigenvalue weighted by molar-refractivity contribution is 6.01. The van der Waals surface area contributed by atoms with Crippen LogP contribution in [-0.2, 0) is 11.2 Å². The normalized spacial score (nSPS) is 19.3. The van der Waals surface area contributed by atoms with Gasteiger partial charge in [0, 0.05) is 23.6 Å². The number of rotatable bonds is 8. The number of carbonyl (C=O) groups excluding carboxylic acids is 2. The van der Waals surface area contributed by atoms with Crippen molar-refractivity contribution in [3.05, 3.63) is 71.3 Å². The minimum absolute atomic E-state index is 0.103. The number of amidine groups is 1. The lowest BCUT2D eigenvalue weighted by atomic mass is 9.86. The first-order valence-electron chi connectivity index (χ1n) is 10.8. The second kappa shape index (κ2) is 10.7. The van der Waals surface area contributed by atoms with Crippen molar-refractivity contribution in [2.24, 2.45) is 17.4 Å². The zero-order valence-electron chi connectivity index (χ0n) is 17.6. The summed E-state index contributed by atoms with van der Waals surface area (Å²) in [6.45, 7) is 0.687. The number of nitrogens with two attached hydrogens (primary N) is 2. The van der Waals surface area contributed by atoms with Gasteiger partial charge in [-0.1, -0.05) is 42.5 Å². The van der Waals surface area contributed by atoms with E-state index in [1.165, 1.54) is 0 Å². The fourth-order valence-electron chi connectivity index (χ4n) is 3.97. The van der Waals surface area contributed by atoms with E-state index in [4.69, 9.17) is 16.9 Å². The van der Waals surface area contributed by atoms with Gasteiger partial charge in [-0.05, 0) is 55.8 Å². The number of benzene rings is 2. The molecule has 0 bridgehead atoms. The largest absolute Gasteiger partial charge is 0.384 e. The molecule has 1 fully saturated rings. The van der Waals surface area contributed by atoms with E-state index in [-0.39, 0.29) is 23.7 Å². The van der Waals surface area contributed by atoms with Crippen molar-refractivity contribution < 1.29 is 9.59 Å². The Labute approximate surface area is 183 Å². The first-order chi connectivity index (χ1) is 15.0. The fraction of sp³-hybridized carbons (Fsp3) is 0.375. The molecular formula is C24H31N5O2. The summed E-state index contributed by atoms with van der Waals surface area (Å²) >= 11 is 0. The van der Waals surface area contributed by atoms with Crippen molar-refractivity contribution in [1.82, 2.24) is 10.6 Å². The molecule has 0 spiro atoms. The summed E-state index contributed by atoms with van der Waals surface area (Å²) in [4.78, 5) is 26.0. The average molecular weight is 422 g/mol.